The first-order valence-electron chi connectivity index (χ1n) is 6.84. The maximum Gasteiger partial charge on any atom is 0.317 e. The second-order valence-electron chi connectivity index (χ2n) is 5.97. The maximum absolute atomic E-state index is 11.0. The number of aliphatic carboxylic acids is 1. The molecule has 5 nitrogen and oxygen atoms in total. The monoisotopic (exact) mass is 288 g/mol. The third-order valence-electron chi connectivity index (χ3n) is 3.25. The van der Waals surface area contributed by atoms with Gasteiger partial charge in [0.1, 0.15) is 5.69 Å². The molecule has 2 rings (SSSR count). The Balaban J connectivity index is 2.15. The Morgan fingerprint density at radius 3 is 2.52 bits per heavy atom. The van der Waals surface area contributed by atoms with Crippen LogP contribution in [-0.2, 0) is 11.3 Å². The smallest absolute Gasteiger partial charge is 0.317 e. The van der Waals surface area contributed by atoms with Gasteiger partial charge in [-0.3, -0.25) is 9.69 Å². The van der Waals surface area contributed by atoms with Crippen molar-refractivity contribution in [2.45, 2.75) is 32.9 Å². The highest BCUT2D eigenvalue weighted by Gasteiger charge is 2.25. The third-order valence-corrected chi connectivity index (χ3v) is 3.25. The van der Waals surface area contributed by atoms with Crippen LogP contribution >= 0.6 is 0 Å². The van der Waals surface area contributed by atoms with Crippen molar-refractivity contribution in [3.63, 3.8) is 0 Å². The summed E-state index contributed by atoms with van der Waals surface area (Å²) < 4.78 is 5.34. The number of benzene rings is 1. The fourth-order valence-corrected chi connectivity index (χ4v) is 2.01. The van der Waals surface area contributed by atoms with E-state index < -0.39 is 5.97 Å². The van der Waals surface area contributed by atoms with Crippen molar-refractivity contribution >= 4 is 5.97 Å². The lowest BCUT2D eigenvalue weighted by Gasteiger charge is -2.33. The number of hydrogen-bond acceptors (Lipinski definition) is 4. The summed E-state index contributed by atoms with van der Waals surface area (Å²) >= 11 is 0. The number of aromatic nitrogens is 1. The minimum atomic E-state index is -0.854. The highest BCUT2D eigenvalue weighted by atomic mass is 16.5. The molecule has 5 heteroatoms. The molecule has 0 aliphatic carbocycles. The Bertz CT molecular complexity index is 599. The molecular weight excluding hydrogens is 268 g/mol. The van der Waals surface area contributed by atoms with E-state index in [4.69, 9.17) is 9.63 Å². The Kier molecular flexibility index (Phi) is 4.43. The van der Waals surface area contributed by atoms with Crippen molar-refractivity contribution < 1.29 is 14.4 Å². The molecule has 0 unspecified atom stereocenters. The quantitative estimate of drug-likeness (QED) is 0.916. The van der Waals surface area contributed by atoms with Crippen molar-refractivity contribution in [3.05, 3.63) is 42.2 Å². The fourth-order valence-electron chi connectivity index (χ4n) is 2.01. The topological polar surface area (TPSA) is 66.6 Å². The van der Waals surface area contributed by atoms with Gasteiger partial charge in [0.15, 0.2) is 5.76 Å². The summed E-state index contributed by atoms with van der Waals surface area (Å²) in [5, 5.41) is 13.1. The second kappa shape index (κ2) is 6.10. The number of carboxylic acids is 1. The average Bonchev–Trinajstić information content (AvgIpc) is 2.86. The van der Waals surface area contributed by atoms with Crippen molar-refractivity contribution in [1.29, 1.82) is 0 Å². The van der Waals surface area contributed by atoms with Crippen LogP contribution in [0.3, 0.4) is 0 Å². The summed E-state index contributed by atoms with van der Waals surface area (Å²) in [7, 11) is 0. The van der Waals surface area contributed by atoms with Gasteiger partial charge in [0, 0.05) is 17.2 Å². The van der Waals surface area contributed by atoms with E-state index in [0.29, 0.717) is 12.3 Å². The zero-order chi connectivity index (χ0) is 15.5. The molecular formula is C16H20N2O3. The van der Waals surface area contributed by atoms with Crippen LogP contribution in [0.25, 0.3) is 11.3 Å². The lowest BCUT2D eigenvalue weighted by Crippen LogP contribution is -2.43. The molecule has 0 spiro atoms. The minimum Gasteiger partial charge on any atom is -0.480 e. The molecule has 0 fully saturated rings. The number of nitrogens with zero attached hydrogens (tertiary/aromatic N) is 2. The maximum atomic E-state index is 11.0. The molecule has 0 bridgehead atoms. The highest BCUT2D eigenvalue weighted by molar-refractivity contribution is 5.69. The molecule has 1 aromatic carbocycles. The first kappa shape index (κ1) is 15.3. The molecule has 1 heterocycles. The van der Waals surface area contributed by atoms with Gasteiger partial charge in [-0.25, -0.2) is 0 Å². The Hall–Kier alpha value is -2.14. The lowest BCUT2D eigenvalue weighted by molar-refractivity contribution is -0.140. The van der Waals surface area contributed by atoms with Crippen LogP contribution in [0, 0.1) is 0 Å². The highest BCUT2D eigenvalue weighted by Crippen LogP contribution is 2.22. The molecule has 0 atom stereocenters. The van der Waals surface area contributed by atoms with E-state index >= 15 is 0 Å². The molecule has 112 valence electrons. The van der Waals surface area contributed by atoms with Gasteiger partial charge in [0.2, 0.25) is 0 Å². The second-order valence-corrected chi connectivity index (χ2v) is 5.97. The van der Waals surface area contributed by atoms with Gasteiger partial charge in [-0.1, -0.05) is 35.5 Å². The van der Waals surface area contributed by atoms with Crippen molar-refractivity contribution in [3.8, 4) is 11.3 Å². The molecule has 0 aliphatic heterocycles. The number of carbonyl (C=O) groups is 1. The molecule has 0 saturated heterocycles. The Morgan fingerprint density at radius 1 is 1.29 bits per heavy atom. The standard InChI is InChI=1S/C16H20N2O3/c1-16(2,3)18(11-15(19)20)10-13-9-14(17-21-13)12-7-5-4-6-8-12/h4-9H,10-11H2,1-3H3,(H,19,20). The molecule has 1 aromatic heterocycles. The van der Waals surface area contributed by atoms with E-state index in [1.165, 1.54) is 0 Å². The molecule has 21 heavy (non-hydrogen) atoms. The SMILES string of the molecule is CC(C)(C)N(CC(=O)O)Cc1cc(-c2ccccc2)no1. The van der Waals surface area contributed by atoms with Gasteiger partial charge in [0.05, 0.1) is 13.1 Å². The van der Waals surface area contributed by atoms with Gasteiger partial charge in [-0.2, -0.15) is 0 Å². The number of carboxylic acid groups (broad SMARTS) is 1. The summed E-state index contributed by atoms with van der Waals surface area (Å²) in [5.41, 5.74) is 1.47. The van der Waals surface area contributed by atoms with Crippen LogP contribution in [0.15, 0.2) is 40.9 Å². The number of hydrogen-bond donors (Lipinski definition) is 1. The number of rotatable bonds is 5. The van der Waals surface area contributed by atoms with Crippen LogP contribution in [0.1, 0.15) is 26.5 Å². The van der Waals surface area contributed by atoms with E-state index in [1.54, 1.807) is 0 Å². The van der Waals surface area contributed by atoms with Crippen LogP contribution < -0.4 is 0 Å². The summed E-state index contributed by atoms with van der Waals surface area (Å²) in [6.45, 7) is 6.31. The van der Waals surface area contributed by atoms with E-state index in [1.807, 2.05) is 62.1 Å². The summed E-state index contributed by atoms with van der Waals surface area (Å²) in [4.78, 5) is 12.8. The molecule has 0 amide bonds. The average molecular weight is 288 g/mol. The van der Waals surface area contributed by atoms with Crippen LogP contribution in [0.5, 0.6) is 0 Å². The summed E-state index contributed by atoms with van der Waals surface area (Å²) in [6, 6.07) is 11.6. The lowest BCUT2D eigenvalue weighted by atomic mass is 10.1. The Morgan fingerprint density at radius 2 is 1.95 bits per heavy atom. The Labute approximate surface area is 124 Å². The van der Waals surface area contributed by atoms with Gasteiger partial charge < -0.3 is 9.63 Å². The van der Waals surface area contributed by atoms with Gasteiger partial charge in [-0.15, -0.1) is 0 Å². The van der Waals surface area contributed by atoms with Crippen molar-refractivity contribution in [2.24, 2.45) is 0 Å². The van der Waals surface area contributed by atoms with Gasteiger partial charge >= 0.3 is 5.97 Å². The molecule has 1 N–H and O–H groups in total. The molecule has 0 radical (unpaired) electrons. The van der Waals surface area contributed by atoms with E-state index in [2.05, 4.69) is 5.16 Å². The van der Waals surface area contributed by atoms with E-state index in [9.17, 15) is 4.79 Å². The fraction of sp³-hybridized carbons (Fsp3) is 0.375. The first-order chi connectivity index (χ1) is 9.86. The van der Waals surface area contributed by atoms with Crippen LogP contribution in [0.4, 0.5) is 0 Å². The van der Waals surface area contributed by atoms with Gasteiger partial charge in [0.25, 0.3) is 0 Å². The zero-order valence-corrected chi connectivity index (χ0v) is 12.5. The van der Waals surface area contributed by atoms with Crippen molar-refractivity contribution in [2.75, 3.05) is 6.54 Å². The van der Waals surface area contributed by atoms with Gasteiger partial charge in [-0.05, 0) is 20.8 Å². The van der Waals surface area contributed by atoms with Crippen molar-refractivity contribution in [1.82, 2.24) is 10.1 Å². The molecule has 0 aliphatic rings. The van der Waals surface area contributed by atoms with E-state index in [0.717, 1.165) is 11.3 Å². The van der Waals surface area contributed by atoms with Crippen LogP contribution in [-0.4, -0.2) is 33.2 Å². The van der Waals surface area contributed by atoms with E-state index in [-0.39, 0.29) is 12.1 Å². The summed E-state index contributed by atoms with van der Waals surface area (Å²) in [6.07, 6.45) is 0. The summed E-state index contributed by atoms with van der Waals surface area (Å²) in [5.74, 6) is -0.197. The zero-order valence-electron chi connectivity index (χ0n) is 12.5. The predicted molar refractivity (Wildman–Crippen MR) is 79.7 cm³/mol. The molecule has 2 aromatic rings. The minimum absolute atomic E-state index is 0.0368. The third kappa shape index (κ3) is 4.16. The normalized spacial score (nSPS) is 11.8. The first-order valence-corrected chi connectivity index (χ1v) is 6.84. The van der Waals surface area contributed by atoms with Crippen LogP contribution in [0.2, 0.25) is 0 Å². The molecule has 0 saturated carbocycles. The largest absolute Gasteiger partial charge is 0.480 e. The predicted octanol–water partition coefficient (Wildman–Crippen LogP) is 3.03.